The van der Waals surface area contributed by atoms with E-state index in [1.54, 1.807) is 0 Å². The lowest BCUT2D eigenvalue weighted by atomic mass is 9.86. The van der Waals surface area contributed by atoms with Gasteiger partial charge in [-0.3, -0.25) is 4.79 Å². The molecule has 0 aromatic rings. The van der Waals surface area contributed by atoms with E-state index in [1.165, 1.54) is 0 Å². The highest BCUT2D eigenvalue weighted by molar-refractivity contribution is 5.82. The number of carbonyl (C=O) groups excluding carboxylic acids is 1. The van der Waals surface area contributed by atoms with E-state index in [0.29, 0.717) is 6.04 Å². The van der Waals surface area contributed by atoms with Crippen molar-refractivity contribution in [3.05, 3.63) is 0 Å². The second-order valence-corrected chi connectivity index (χ2v) is 6.03. The molecule has 94 valence electrons. The van der Waals surface area contributed by atoms with Crippen LogP contribution >= 0.6 is 0 Å². The largest absolute Gasteiger partial charge is 0.340 e. The predicted octanol–water partition coefficient (Wildman–Crippen LogP) is 0.522. The fourth-order valence-electron chi connectivity index (χ4n) is 1.93. The van der Waals surface area contributed by atoms with Crippen molar-refractivity contribution < 1.29 is 4.79 Å². The number of carbonyl (C=O) groups is 1. The molecule has 0 aromatic heterocycles. The molecule has 4 nitrogen and oxygen atoms in total. The van der Waals surface area contributed by atoms with Crippen LogP contribution in [0.5, 0.6) is 0 Å². The molecule has 0 spiro atoms. The molecule has 2 atom stereocenters. The minimum atomic E-state index is -0.395. The van der Waals surface area contributed by atoms with Gasteiger partial charge in [0.25, 0.3) is 0 Å². The lowest BCUT2D eigenvalue weighted by molar-refractivity contribution is -0.134. The minimum absolute atomic E-state index is 0.0943. The van der Waals surface area contributed by atoms with Crippen LogP contribution < -0.4 is 5.73 Å². The van der Waals surface area contributed by atoms with Crippen molar-refractivity contribution in [2.75, 3.05) is 27.2 Å². The standard InChI is InChI=1S/C12H25N3O/c1-12(2,3)10(13)11(16)15-7-6-9(8-15)14(4)5/h9-10H,6-8,13H2,1-5H3/t9?,10-/m1/s1. The molecule has 4 heteroatoms. The Hall–Kier alpha value is -0.610. The van der Waals surface area contributed by atoms with Gasteiger partial charge in [0.1, 0.15) is 0 Å². The third-order valence-electron chi connectivity index (χ3n) is 3.40. The van der Waals surface area contributed by atoms with Gasteiger partial charge in [-0.25, -0.2) is 0 Å². The number of rotatable bonds is 2. The van der Waals surface area contributed by atoms with Crippen molar-refractivity contribution >= 4 is 5.91 Å². The van der Waals surface area contributed by atoms with E-state index < -0.39 is 6.04 Å². The zero-order chi connectivity index (χ0) is 12.5. The fraction of sp³-hybridized carbons (Fsp3) is 0.917. The van der Waals surface area contributed by atoms with E-state index >= 15 is 0 Å². The summed E-state index contributed by atoms with van der Waals surface area (Å²) < 4.78 is 0. The molecule has 1 saturated heterocycles. The molecule has 0 bridgehead atoms. The van der Waals surface area contributed by atoms with Crippen LogP contribution in [0.3, 0.4) is 0 Å². The Balaban J connectivity index is 2.58. The van der Waals surface area contributed by atoms with Crippen molar-refractivity contribution in [2.45, 2.75) is 39.3 Å². The van der Waals surface area contributed by atoms with Crippen LogP contribution in [0.15, 0.2) is 0 Å². The Morgan fingerprint density at radius 1 is 1.44 bits per heavy atom. The van der Waals surface area contributed by atoms with Gasteiger partial charge in [-0.1, -0.05) is 20.8 Å². The first-order valence-corrected chi connectivity index (χ1v) is 5.94. The summed E-state index contributed by atoms with van der Waals surface area (Å²) in [5.74, 6) is 0.0943. The summed E-state index contributed by atoms with van der Waals surface area (Å²) in [5, 5.41) is 0. The zero-order valence-electron chi connectivity index (χ0n) is 11.2. The SMILES string of the molecule is CN(C)C1CCN(C(=O)[C@@H](N)C(C)(C)C)C1. The highest BCUT2D eigenvalue weighted by Gasteiger charge is 2.35. The molecule has 0 radical (unpaired) electrons. The lowest BCUT2D eigenvalue weighted by Crippen LogP contribution is -2.50. The quantitative estimate of drug-likeness (QED) is 0.748. The summed E-state index contributed by atoms with van der Waals surface area (Å²) in [4.78, 5) is 16.2. The van der Waals surface area contributed by atoms with E-state index in [1.807, 2.05) is 25.7 Å². The maximum atomic E-state index is 12.1. The molecule has 1 aliphatic heterocycles. The number of hydrogen-bond acceptors (Lipinski definition) is 3. The second-order valence-electron chi connectivity index (χ2n) is 6.03. The number of hydrogen-bond donors (Lipinski definition) is 1. The average Bonchev–Trinajstić information content (AvgIpc) is 2.62. The molecule has 1 amide bonds. The van der Waals surface area contributed by atoms with Gasteiger partial charge in [-0.05, 0) is 25.9 Å². The highest BCUT2D eigenvalue weighted by atomic mass is 16.2. The predicted molar refractivity (Wildman–Crippen MR) is 66.1 cm³/mol. The normalized spacial score (nSPS) is 23.9. The monoisotopic (exact) mass is 227 g/mol. The molecule has 16 heavy (non-hydrogen) atoms. The first-order chi connectivity index (χ1) is 7.23. The van der Waals surface area contributed by atoms with E-state index in [-0.39, 0.29) is 11.3 Å². The third kappa shape index (κ3) is 2.95. The summed E-state index contributed by atoms with van der Waals surface area (Å²) in [6.45, 7) is 7.68. The smallest absolute Gasteiger partial charge is 0.240 e. The van der Waals surface area contributed by atoms with Crippen molar-refractivity contribution in [2.24, 2.45) is 11.1 Å². The highest BCUT2D eigenvalue weighted by Crippen LogP contribution is 2.21. The van der Waals surface area contributed by atoms with Crippen LogP contribution in [0.2, 0.25) is 0 Å². The van der Waals surface area contributed by atoms with E-state index in [4.69, 9.17) is 5.73 Å². The van der Waals surface area contributed by atoms with Gasteiger partial charge in [0.15, 0.2) is 0 Å². The molecule has 1 heterocycles. The van der Waals surface area contributed by atoms with Gasteiger partial charge in [0.05, 0.1) is 6.04 Å². The molecule has 1 unspecified atom stereocenters. The van der Waals surface area contributed by atoms with Crippen molar-refractivity contribution in [1.82, 2.24) is 9.80 Å². The van der Waals surface area contributed by atoms with E-state index in [2.05, 4.69) is 19.0 Å². The number of likely N-dealkylation sites (N-methyl/N-ethyl adjacent to an activating group) is 1. The Morgan fingerprint density at radius 2 is 2.00 bits per heavy atom. The maximum absolute atomic E-state index is 12.1. The molecule has 1 aliphatic rings. The van der Waals surface area contributed by atoms with Gasteiger partial charge < -0.3 is 15.5 Å². The maximum Gasteiger partial charge on any atom is 0.240 e. The van der Waals surface area contributed by atoms with Gasteiger partial charge in [-0.2, -0.15) is 0 Å². The first kappa shape index (κ1) is 13.5. The number of amides is 1. The van der Waals surface area contributed by atoms with Crippen LogP contribution in [0.25, 0.3) is 0 Å². The van der Waals surface area contributed by atoms with Crippen molar-refractivity contribution in [3.8, 4) is 0 Å². The molecule has 1 rings (SSSR count). The van der Waals surface area contributed by atoms with Crippen molar-refractivity contribution in [3.63, 3.8) is 0 Å². The minimum Gasteiger partial charge on any atom is -0.340 e. The summed E-state index contributed by atoms with van der Waals surface area (Å²) in [6.07, 6.45) is 1.05. The molecule has 0 aromatic carbocycles. The molecule has 0 saturated carbocycles. The third-order valence-corrected chi connectivity index (χ3v) is 3.40. The van der Waals surface area contributed by atoms with Crippen molar-refractivity contribution in [1.29, 1.82) is 0 Å². The molecule has 2 N–H and O–H groups in total. The van der Waals surface area contributed by atoms with Gasteiger partial charge in [-0.15, -0.1) is 0 Å². The van der Waals surface area contributed by atoms with Gasteiger partial charge in [0, 0.05) is 19.1 Å². The number of nitrogens with two attached hydrogens (primary N) is 1. The second kappa shape index (κ2) is 4.72. The zero-order valence-corrected chi connectivity index (χ0v) is 11.2. The van der Waals surface area contributed by atoms with Crippen LogP contribution in [-0.2, 0) is 4.79 Å². The van der Waals surface area contributed by atoms with E-state index in [9.17, 15) is 4.79 Å². The van der Waals surface area contributed by atoms with Gasteiger partial charge >= 0.3 is 0 Å². The Labute approximate surface area is 98.8 Å². The van der Waals surface area contributed by atoms with Crippen LogP contribution in [-0.4, -0.2) is 55.0 Å². The van der Waals surface area contributed by atoms with E-state index in [0.717, 1.165) is 19.5 Å². The van der Waals surface area contributed by atoms with Crippen LogP contribution in [0.1, 0.15) is 27.2 Å². The summed E-state index contributed by atoms with van der Waals surface area (Å²) in [6, 6.07) is 0.0875. The molecule has 1 fully saturated rings. The van der Waals surface area contributed by atoms with Gasteiger partial charge in [0.2, 0.25) is 5.91 Å². The topological polar surface area (TPSA) is 49.6 Å². The number of nitrogens with zero attached hydrogens (tertiary/aromatic N) is 2. The fourth-order valence-corrected chi connectivity index (χ4v) is 1.93. The molecule has 0 aliphatic carbocycles. The summed E-state index contributed by atoms with van der Waals surface area (Å²) >= 11 is 0. The Morgan fingerprint density at radius 3 is 2.38 bits per heavy atom. The number of likely N-dealkylation sites (tertiary alicyclic amines) is 1. The Bertz CT molecular complexity index is 257. The first-order valence-electron chi connectivity index (χ1n) is 5.94. The average molecular weight is 227 g/mol. The summed E-state index contributed by atoms with van der Waals surface area (Å²) in [5.41, 5.74) is 5.83. The van der Waals surface area contributed by atoms with Crippen LogP contribution in [0.4, 0.5) is 0 Å². The Kier molecular flexibility index (Phi) is 3.97. The lowest BCUT2D eigenvalue weighted by Gasteiger charge is -2.30. The molecular weight excluding hydrogens is 202 g/mol. The van der Waals surface area contributed by atoms with Crippen LogP contribution in [0, 0.1) is 5.41 Å². The summed E-state index contributed by atoms with van der Waals surface area (Å²) in [7, 11) is 4.12. The molecular formula is C12H25N3O.